The second-order valence-electron chi connectivity index (χ2n) is 4.10. The molecule has 4 heteroatoms. The number of aliphatic hydroxyl groups excluding tert-OH is 1. The summed E-state index contributed by atoms with van der Waals surface area (Å²) >= 11 is 0. The summed E-state index contributed by atoms with van der Waals surface area (Å²) in [6.07, 6.45) is 0.428. The maximum absolute atomic E-state index is 12.9. The van der Waals surface area contributed by atoms with Crippen molar-refractivity contribution in [2.45, 2.75) is 13.3 Å². The van der Waals surface area contributed by atoms with Crippen molar-refractivity contribution in [3.8, 4) is 0 Å². The van der Waals surface area contributed by atoms with Gasteiger partial charge in [0, 0.05) is 18.6 Å². The fourth-order valence-electron chi connectivity index (χ4n) is 1.34. The van der Waals surface area contributed by atoms with E-state index in [0.29, 0.717) is 18.5 Å². The van der Waals surface area contributed by atoms with E-state index in [1.807, 2.05) is 0 Å². The van der Waals surface area contributed by atoms with Crippen molar-refractivity contribution in [2.24, 2.45) is 11.1 Å². The molecule has 1 aromatic carbocycles. The molecule has 0 fully saturated rings. The van der Waals surface area contributed by atoms with Crippen molar-refractivity contribution in [3.05, 3.63) is 35.4 Å². The number of rotatable bonds is 4. The van der Waals surface area contributed by atoms with Crippen LogP contribution in [0.5, 0.6) is 0 Å². The van der Waals surface area contributed by atoms with E-state index in [2.05, 4.69) is 0 Å². The van der Waals surface area contributed by atoms with Crippen LogP contribution in [0, 0.1) is 17.0 Å². The van der Waals surface area contributed by atoms with Crippen LogP contribution in [0.1, 0.15) is 12.5 Å². The van der Waals surface area contributed by atoms with Gasteiger partial charge in [-0.2, -0.15) is 0 Å². The van der Waals surface area contributed by atoms with Gasteiger partial charge in [0.25, 0.3) is 0 Å². The first kappa shape index (κ1) is 12.1. The van der Waals surface area contributed by atoms with Crippen molar-refractivity contribution in [1.82, 2.24) is 0 Å². The van der Waals surface area contributed by atoms with Crippen LogP contribution in [0.25, 0.3) is 0 Å². The zero-order valence-electron chi connectivity index (χ0n) is 8.63. The molecule has 15 heavy (non-hydrogen) atoms. The first-order valence-electron chi connectivity index (χ1n) is 4.75. The largest absolute Gasteiger partial charge is 0.396 e. The molecule has 0 aromatic heterocycles. The Balaban J connectivity index is 2.85. The molecule has 1 atom stereocenters. The maximum Gasteiger partial charge on any atom is 0.159 e. The van der Waals surface area contributed by atoms with Crippen LogP contribution in [-0.2, 0) is 6.42 Å². The standard InChI is InChI=1S/C11H15F2NO/c1-11(6-14,7-15)5-8-2-3-9(12)10(13)4-8/h2-4,15H,5-7,14H2,1H3. The van der Waals surface area contributed by atoms with Crippen LogP contribution in [0.3, 0.4) is 0 Å². The first-order chi connectivity index (χ1) is 7.00. The van der Waals surface area contributed by atoms with Gasteiger partial charge >= 0.3 is 0 Å². The summed E-state index contributed by atoms with van der Waals surface area (Å²) in [5, 5.41) is 9.12. The third-order valence-corrected chi connectivity index (χ3v) is 2.49. The van der Waals surface area contributed by atoms with Gasteiger partial charge in [-0.1, -0.05) is 13.0 Å². The lowest BCUT2D eigenvalue weighted by Gasteiger charge is -2.25. The number of benzene rings is 1. The Morgan fingerprint density at radius 1 is 1.33 bits per heavy atom. The van der Waals surface area contributed by atoms with Gasteiger partial charge in [-0.3, -0.25) is 0 Å². The second kappa shape index (κ2) is 4.68. The Labute approximate surface area is 87.7 Å². The van der Waals surface area contributed by atoms with Gasteiger partial charge in [0.1, 0.15) is 0 Å². The van der Waals surface area contributed by atoms with E-state index in [0.717, 1.165) is 12.1 Å². The van der Waals surface area contributed by atoms with E-state index in [4.69, 9.17) is 10.8 Å². The minimum Gasteiger partial charge on any atom is -0.396 e. The zero-order valence-corrected chi connectivity index (χ0v) is 8.63. The molecule has 1 unspecified atom stereocenters. The number of nitrogens with two attached hydrogens (primary N) is 1. The number of halogens is 2. The molecule has 84 valence electrons. The quantitative estimate of drug-likeness (QED) is 0.798. The highest BCUT2D eigenvalue weighted by Gasteiger charge is 2.22. The number of hydrogen-bond donors (Lipinski definition) is 2. The van der Waals surface area contributed by atoms with Gasteiger partial charge in [-0.05, 0) is 24.1 Å². The van der Waals surface area contributed by atoms with E-state index >= 15 is 0 Å². The average molecular weight is 215 g/mol. The van der Waals surface area contributed by atoms with Crippen LogP contribution in [0.15, 0.2) is 18.2 Å². The Morgan fingerprint density at radius 3 is 2.47 bits per heavy atom. The lowest BCUT2D eigenvalue weighted by Crippen LogP contribution is -2.33. The third kappa shape index (κ3) is 2.97. The Kier molecular flexibility index (Phi) is 3.77. The number of aliphatic hydroxyl groups is 1. The average Bonchev–Trinajstić information content (AvgIpc) is 2.23. The predicted octanol–water partition coefficient (Wildman–Crippen LogP) is 1.46. The van der Waals surface area contributed by atoms with Crippen molar-refractivity contribution in [3.63, 3.8) is 0 Å². The fourth-order valence-corrected chi connectivity index (χ4v) is 1.34. The summed E-state index contributed by atoms with van der Waals surface area (Å²) in [6.45, 7) is 2.01. The highest BCUT2D eigenvalue weighted by molar-refractivity contribution is 5.19. The SMILES string of the molecule is CC(CN)(CO)Cc1ccc(F)c(F)c1. The summed E-state index contributed by atoms with van der Waals surface area (Å²) in [5.74, 6) is -1.73. The molecule has 0 saturated carbocycles. The molecule has 1 rings (SSSR count). The summed E-state index contributed by atoms with van der Waals surface area (Å²) in [5.41, 5.74) is 5.66. The molecule has 0 aliphatic heterocycles. The van der Waals surface area contributed by atoms with Crippen LogP contribution in [0.2, 0.25) is 0 Å². The van der Waals surface area contributed by atoms with Gasteiger partial charge in [0.05, 0.1) is 0 Å². The van der Waals surface area contributed by atoms with E-state index in [1.54, 1.807) is 6.92 Å². The molecule has 0 saturated heterocycles. The molecule has 0 heterocycles. The predicted molar refractivity (Wildman–Crippen MR) is 54.3 cm³/mol. The topological polar surface area (TPSA) is 46.2 Å². The lowest BCUT2D eigenvalue weighted by atomic mass is 9.84. The molecule has 2 nitrogen and oxygen atoms in total. The molecule has 1 aromatic rings. The van der Waals surface area contributed by atoms with E-state index in [1.165, 1.54) is 6.07 Å². The highest BCUT2D eigenvalue weighted by atomic mass is 19.2. The van der Waals surface area contributed by atoms with Crippen molar-refractivity contribution in [2.75, 3.05) is 13.2 Å². The Morgan fingerprint density at radius 2 is 2.00 bits per heavy atom. The monoisotopic (exact) mass is 215 g/mol. The fraction of sp³-hybridized carbons (Fsp3) is 0.455. The van der Waals surface area contributed by atoms with Gasteiger partial charge in [-0.25, -0.2) is 8.78 Å². The molecule has 0 aliphatic carbocycles. The van der Waals surface area contributed by atoms with Crippen LogP contribution in [0.4, 0.5) is 8.78 Å². The molecule has 0 aliphatic rings. The number of hydrogen-bond acceptors (Lipinski definition) is 2. The molecule has 0 amide bonds. The first-order valence-corrected chi connectivity index (χ1v) is 4.75. The molecular weight excluding hydrogens is 200 g/mol. The van der Waals surface area contributed by atoms with Crippen molar-refractivity contribution >= 4 is 0 Å². The normalized spacial score (nSPS) is 15.0. The summed E-state index contributed by atoms with van der Waals surface area (Å²) < 4.78 is 25.5. The maximum atomic E-state index is 12.9. The zero-order chi connectivity index (χ0) is 11.5. The van der Waals surface area contributed by atoms with Crippen LogP contribution < -0.4 is 5.73 Å². The molecule has 0 spiro atoms. The van der Waals surface area contributed by atoms with E-state index in [-0.39, 0.29) is 6.61 Å². The smallest absolute Gasteiger partial charge is 0.159 e. The van der Waals surface area contributed by atoms with Gasteiger partial charge in [0.15, 0.2) is 11.6 Å². The highest BCUT2D eigenvalue weighted by Crippen LogP contribution is 2.21. The molecular formula is C11H15F2NO. The van der Waals surface area contributed by atoms with Gasteiger partial charge < -0.3 is 10.8 Å². The van der Waals surface area contributed by atoms with Gasteiger partial charge in [0.2, 0.25) is 0 Å². The lowest BCUT2D eigenvalue weighted by molar-refractivity contribution is 0.149. The Hall–Kier alpha value is -1.00. The van der Waals surface area contributed by atoms with E-state index in [9.17, 15) is 8.78 Å². The second-order valence-corrected chi connectivity index (χ2v) is 4.10. The summed E-state index contributed by atoms with van der Waals surface area (Å²) in [4.78, 5) is 0. The molecule has 0 radical (unpaired) electrons. The van der Waals surface area contributed by atoms with Crippen LogP contribution in [-0.4, -0.2) is 18.3 Å². The van der Waals surface area contributed by atoms with E-state index < -0.39 is 17.0 Å². The van der Waals surface area contributed by atoms with Crippen molar-refractivity contribution in [1.29, 1.82) is 0 Å². The molecule has 3 N–H and O–H groups in total. The van der Waals surface area contributed by atoms with Gasteiger partial charge in [-0.15, -0.1) is 0 Å². The molecule has 0 bridgehead atoms. The Bertz CT molecular complexity index is 337. The summed E-state index contributed by atoms with van der Waals surface area (Å²) in [7, 11) is 0. The van der Waals surface area contributed by atoms with Crippen molar-refractivity contribution < 1.29 is 13.9 Å². The summed E-state index contributed by atoms with van der Waals surface area (Å²) in [6, 6.07) is 3.72. The minimum absolute atomic E-state index is 0.0809. The minimum atomic E-state index is -0.871. The third-order valence-electron chi connectivity index (χ3n) is 2.49. The van der Waals surface area contributed by atoms with Crippen LogP contribution >= 0.6 is 0 Å².